The maximum absolute atomic E-state index is 9.61. The minimum atomic E-state index is 0.493. The largest absolute Gasteiger partial charge is 0.454 e. The molecule has 0 bridgehead atoms. The molecule has 0 N–H and O–H groups in total. The lowest BCUT2D eigenvalue weighted by molar-refractivity contribution is -0.660. The summed E-state index contributed by atoms with van der Waals surface area (Å²) in [7, 11) is 2.08. The Morgan fingerprint density at radius 1 is 0.857 bits per heavy atom. The Kier molecular flexibility index (Phi) is 5.38. The second-order valence-corrected chi connectivity index (χ2v) is 9.86. The first-order valence-electron chi connectivity index (χ1n) is 12.6. The molecule has 35 heavy (non-hydrogen) atoms. The first-order chi connectivity index (χ1) is 17.2. The van der Waals surface area contributed by atoms with E-state index in [1.165, 1.54) is 48.8 Å². The number of fused-ring (bicyclic) bond motifs is 3. The minimum Gasteiger partial charge on any atom is -0.454 e. The monoisotopic (exact) mass is 457 g/mol. The van der Waals surface area contributed by atoms with Gasteiger partial charge >= 0.3 is 0 Å². The van der Waals surface area contributed by atoms with Crippen LogP contribution < -0.4 is 4.57 Å². The van der Waals surface area contributed by atoms with Gasteiger partial charge in [0.2, 0.25) is 5.69 Å². The average Bonchev–Trinajstić information content (AvgIpc) is 3.28. The van der Waals surface area contributed by atoms with Gasteiger partial charge in [0.25, 0.3) is 0 Å². The van der Waals surface area contributed by atoms with Gasteiger partial charge < -0.3 is 4.42 Å². The van der Waals surface area contributed by atoms with E-state index in [9.17, 15) is 5.26 Å². The zero-order valence-electron chi connectivity index (χ0n) is 20.3. The molecule has 1 aliphatic carbocycles. The van der Waals surface area contributed by atoms with Gasteiger partial charge in [-0.3, -0.25) is 0 Å². The zero-order valence-corrected chi connectivity index (χ0v) is 20.3. The summed E-state index contributed by atoms with van der Waals surface area (Å²) in [6.45, 7) is 2.15. The van der Waals surface area contributed by atoms with Gasteiger partial charge in [-0.1, -0.05) is 55.7 Å². The lowest BCUT2D eigenvalue weighted by Crippen LogP contribution is -2.30. The number of aromatic nitrogens is 1. The van der Waals surface area contributed by atoms with E-state index < -0.39 is 0 Å². The number of furan rings is 1. The van der Waals surface area contributed by atoms with Crippen LogP contribution in [0, 0.1) is 18.3 Å². The Balaban J connectivity index is 1.63. The Morgan fingerprint density at radius 3 is 2.49 bits per heavy atom. The summed E-state index contributed by atoms with van der Waals surface area (Å²) < 4.78 is 8.93. The van der Waals surface area contributed by atoms with Crippen LogP contribution in [0.3, 0.4) is 0 Å². The fourth-order valence-corrected chi connectivity index (χ4v) is 5.90. The molecule has 3 aromatic carbocycles. The molecule has 3 nitrogen and oxygen atoms in total. The predicted molar refractivity (Wildman–Crippen MR) is 141 cm³/mol. The molecule has 2 aromatic heterocycles. The maximum atomic E-state index is 9.61. The molecule has 0 unspecified atom stereocenters. The highest BCUT2D eigenvalue weighted by atomic mass is 16.3. The van der Waals surface area contributed by atoms with E-state index in [4.69, 9.17) is 4.42 Å². The smallest absolute Gasteiger partial charge is 0.216 e. The molecule has 0 aliphatic heterocycles. The maximum Gasteiger partial charge on any atom is 0.216 e. The summed E-state index contributed by atoms with van der Waals surface area (Å²) in [5.74, 6) is 0.493. The van der Waals surface area contributed by atoms with Gasteiger partial charge in [0, 0.05) is 28.5 Å². The number of rotatable bonds is 3. The molecule has 1 fully saturated rings. The van der Waals surface area contributed by atoms with Crippen LogP contribution in [0.1, 0.15) is 54.7 Å². The van der Waals surface area contributed by atoms with E-state index in [0.29, 0.717) is 5.92 Å². The molecule has 172 valence electrons. The van der Waals surface area contributed by atoms with Crippen LogP contribution in [0.5, 0.6) is 0 Å². The highest BCUT2D eigenvalue weighted by Crippen LogP contribution is 2.44. The van der Waals surface area contributed by atoms with Crippen molar-refractivity contribution in [2.45, 2.75) is 44.9 Å². The molecule has 1 aliphatic rings. The molecule has 0 radical (unpaired) electrons. The van der Waals surface area contributed by atoms with Crippen LogP contribution in [-0.4, -0.2) is 0 Å². The molecule has 0 spiro atoms. The van der Waals surface area contributed by atoms with E-state index in [2.05, 4.69) is 85.4 Å². The molecule has 0 atom stereocenters. The molecule has 1 saturated carbocycles. The van der Waals surface area contributed by atoms with E-state index in [1.807, 2.05) is 12.1 Å². The molecule has 0 amide bonds. The Bertz CT molecular complexity index is 1610. The number of aryl methyl sites for hydroxylation is 2. The van der Waals surface area contributed by atoms with Crippen LogP contribution >= 0.6 is 0 Å². The van der Waals surface area contributed by atoms with Crippen molar-refractivity contribution in [3.63, 3.8) is 0 Å². The molecular weight excluding hydrogens is 428 g/mol. The SMILES string of the molecule is Cc1ccc2c(oc3c(-c4ccc(C#N)cc4C4CCCCC4)cccc32)c1-c1cccc[n+]1C. The van der Waals surface area contributed by atoms with Crippen LogP contribution in [-0.2, 0) is 7.05 Å². The van der Waals surface area contributed by atoms with Crippen molar-refractivity contribution in [3.05, 3.63) is 89.6 Å². The number of hydrogen-bond acceptors (Lipinski definition) is 2. The normalized spacial score (nSPS) is 14.4. The average molecular weight is 458 g/mol. The van der Waals surface area contributed by atoms with Crippen molar-refractivity contribution in [2.24, 2.45) is 7.05 Å². The van der Waals surface area contributed by atoms with Gasteiger partial charge in [-0.05, 0) is 60.6 Å². The van der Waals surface area contributed by atoms with Crippen LogP contribution in [0.4, 0.5) is 0 Å². The molecule has 6 rings (SSSR count). The summed E-state index contributed by atoms with van der Waals surface area (Å²) in [6.07, 6.45) is 8.27. The number of hydrogen-bond donors (Lipinski definition) is 0. The quantitative estimate of drug-likeness (QED) is 0.258. The van der Waals surface area contributed by atoms with Crippen molar-refractivity contribution in [3.8, 4) is 28.5 Å². The fraction of sp³-hybridized carbons (Fsp3) is 0.250. The third-order valence-electron chi connectivity index (χ3n) is 7.70. The molecular formula is C32H29N2O+. The van der Waals surface area contributed by atoms with Gasteiger partial charge in [0.1, 0.15) is 18.2 Å². The highest BCUT2D eigenvalue weighted by molar-refractivity contribution is 6.13. The zero-order chi connectivity index (χ0) is 23.9. The summed E-state index contributed by atoms with van der Waals surface area (Å²) in [5.41, 5.74) is 9.67. The van der Waals surface area contributed by atoms with Gasteiger partial charge in [-0.2, -0.15) is 5.26 Å². The van der Waals surface area contributed by atoms with Gasteiger partial charge in [-0.15, -0.1) is 0 Å². The van der Waals surface area contributed by atoms with E-state index in [-0.39, 0.29) is 0 Å². The van der Waals surface area contributed by atoms with Crippen molar-refractivity contribution >= 4 is 21.9 Å². The molecule has 3 heteroatoms. The van der Waals surface area contributed by atoms with Crippen LogP contribution in [0.25, 0.3) is 44.3 Å². The van der Waals surface area contributed by atoms with Crippen molar-refractivity contribution < 1.29 is 8.98 Å². The minimum absolute atomic E-state index is 0.493. The lowest BCUT2D eigenvalue weighted by Gasteiger charge is -2.24. The van der Waals surface area contributed by atoms with E-state index in [1.54, 1.807) is 0 Å². The topological polar surface area (TPSA) is 40.8 Å². The molecule has 0 saturated heterocycles. The molecule has 5 aromatic rings. The van der Waals surface area contributed by atoms with Crippen LogP contribution in [0.15, 0.2) is 77.3 Å². The van der Waals surface area contributed by atoms with Gasteiger partial charge in [0.05, 0.1) is 17.2 Å². The number of para-hydroxylation sites is 1. The third kappa shape index (κ3) is 3.61. The van der Waals surface area contributed by atoms with E-state index >= 15 is 0 Å². The van der Waals surface area contributed by atoms with E-state index in [0.717, 1.165) is 44.3 Å². The van der Waals surface area contributed by atoms with Crippen molar-refractivity contribution in [1.82, 2.24) is 0 Å². The second kappa shape index (κ2) is 8.71. The number of nitriles is 1. The predicted octanol–water partition coefficient (Wildman–Crippen LogP) is 7.97. The second-order valence-electron chi connectivity index (χ2n) is 9.86. The number of nitrogens with zero attached hydrogens (tertiary/aromatic N) is 2. The Hall–Kier alpha value is -3.90. The highest BCUT2D eigenvalue weighted by Gasteiger charge is 2.24. The number of benzene rings is 3. The van der Waals surface area contributed by atoms with Crippen molar-refractivity contribution in [2.75, 3.05) is 0 Å². The van der Waals surface area contributed by atoms with Gasteiger partial charge in [0.15, 0.2) is 6.20 Å². The summed E-state index contributed by atoms with van der Waals surface area (Å²) in [4.78, 5) is 0. The Labute approximate surface area is 206 Å². The van der Waals surface area contributed by atoms with Gasteiger partial charge in [-0.25, -0.2) is 4.57 Å². The first kappa shape index (κ1) is 21.6. The summed E-state index contributed by atoms with van der Waals surface area (Å²) >= 11 is 0. The standard InChI is InChI=1S/C32H29N2O/c1-21-14-16-27-26-12-8-11-25(31(26)35-32(27)30(21)29-13-6-7-18-34(29)2)24-17-15-22(20-33)19-28(24)23-9-4-3-5-10-23/h6-8,11-19,23H,3-5,9-10H2,1-2H3/q+1. The third-order valence-corrected chi connectivity index (χ3v) is 7.70. The summed E-state index contributed by atoms with van der Waals surface area (Å²) in [6, 6.07) is 25.7. The number of pyridine rings is 1. The summed E-state index contributed by atoms with van der Waals surface area (Å²) in [5, 5.41) is 11.9. The first-order valence-corrected chi connectivity index (χ1v) is 12.6. The fourth-order valence-electron chi connectivity index (χ4n) is 5.90. The molecule has 2 heterocycles. The van der Waals surface area contributed by atoms with Crippen LogP contribution in [0.2, 0.25) is 0 Å². The van der Waals surface area contributed by atoms with Crippen molar-refractivity contribution in [1.29, 1.82) is 5.26 Å². The Morgan fingerprint density at radius 2 is 1.69 bits per heavy atom. The lowest BCUT2D eigenvalue weighted by atomic mass is 9.80.